The number of amides is 1. The van der Waals surface area contributed by atoms with Crippen molar-refractivity contribution in [2.45, 2.75) is 18.9 Å². The molecular formula is C13H15BrN2O3. The van der Waals surface area contributed by atoms with Gasteiger partial charge in [-0.05, 0) is 53.5 Å². The highest BCUT2D eigenvalue weighted by Gasteiger charge is 2.22. The largest absolute Gasteiger partial charge is 0.465 e. The maximum Gasteiger partial charge on any atom is 0.339 e. The highest BCUT2D eigenvalue weighted by molar-refractivity contribution is 9.10. The Morgan fingerprint density at radius 1 is 1.47 bits per heavy atom. The van der Waals surface area contributed by atoms with Crippen molar-refractivity contribution in [3.05, 3.63) is 28.2 Å². The molecule has 0 aliphatic carbocycles. The number of esters is 1. The normalized spacial score (nSPS) is 18.1. The fourth-order valence-electron chi connectivity index (χ4n) is 2.01. The van der Waals surface area contributed by atoms with Crippen LogP contribution in [0.1, 0.15) is 23.2 Å². The molecule has 2 rings (SSSR count). The molecular weight excluding hydrogens is 312 g/mol. The van der Waals surface area contributed by atoms with Gasteiger partial charge in [0.25, 0.3) is 0 Å². The molecule has 6 heteroatoms. The van der Waals surface area contributed by atoms with Gasteiger partial charge in [0.1, 0.15) is 0 Å². The lowest BCUT2D eigenvalue weighted by molar-refractivity contribution is -0.117. The van der Waals surface area contributed by atoms with Crippen molar-refractivity contribution in [2.75, 3.05) is 19.0 Å². The monoisotopic (exact) mass is 326 g/mol. The van der Waals surface area contributed by atoms with Gasteiger partial charge in [0.05, 0.1) is 18.7 Å². The molecule has 0 saturated carbocycles. The molecule has 0 aromatic heterocycles. The fourth-order valence-corrected chi connectivity index (χ4v) is 2.55. The Balaban J connectivity index is 2.07. The van der Waals surface area contributed by atoms with Crippen molar-refractivity contribution in [2.24, 2.45) is 0 Å². The average Bonchev–Trinajstić information content (AvgIpc) is 2.92. The lowest BCUT2D eigenvalue weighted by Crippen LogP contribution is -2.35. The zero-order valence-electron chi connectivity index (χ0n) is 10.5. The van der Waals surface area contributed by atoms with Gasteiger partial charge in [0.15, 0.2) is 0 Å². The summed E-state index contributed by atoms with van der Waals surface area (Å²) < 4.78 is 5.25. The Labute approximate surface area is 119 Å². The van der Waals surface area contributed by atoms with Crippen molar-refractivity contribution in [3.8, 4) is 0 Å². The molecule has 1 heterocycles. The molecule has 5 nitrogen and oxygen atoms in total. The molecule has 19 heavy (non-hydrogen) atoms. The van der Waals surface area contributed by atoms with Crippen LogP contribution in [0.4, 0.5) is 5.69 Å². The van der Waals surface area contributed by atoms with Gasteiger partial charge in [-0.3, -0.25) is 4.79 Å². The zero-order chi connectivity index (χ0) is 13.8. The van der Waals surface area contributed by atoms with Crippen molar-refractivity contribution >= 4 is 33.5 Å². The SMILES string of the molecule is COC(=O)c1ccc(NC(=O)[C@@H]2CCCN2)cc1Br. The van der Waals surface area contributed by atoms with Gasteiger partial charge in [-0.1, -0.05) is 0 Å². The molecule has 1 atom stereocenters. The molecule has 0 radical (unpaired) electrons. The van der Waals surface area contributed by atoms with Crippen LogP contribution in [0, 0.1) is 0 Å². The number of ether oxygens (including phenoxy) is 1. The second-order valence-corrected chi connectivity index (χ2v) is 5.18. The lowest BCUT2D eigenvalue weighted by Gasteiger charge is -2.12. The van der Waals surface area contributed by atoms with Crippen LogP contribution >= 0.6 is 15.9 Å². The first-order chi connectivity index (χ1) is 9.11. The summed E-state index contributed by atoms with van der Waals surface area (Å²) in [6.45, 7) is 0.878. The van der Waals surface area contributed by atoms with Gasteiger partial charge in [-0.15, -0.1) is 0 Å². The molecule has 1 aromatic rings. The Morgan fingerprint density at radius 2 is 2.26 bits per heavy atom. The van der Waals surface area contributed by atoms with E-state index < -0.39 is 5.97 Å². The van der Waals surface area contributed by atoms with Gasteiger partial charge in [0.2, 0.25) is 5.91 Å². The number of halogens is 1. The fraction of sp³-hybridized carbons (Fsp3) is 0.385. The van der Waals surface area contributed by atoms with E-state index in [-0.39, 0.29) is 11.9 Å². The van der Waals surface area contributed by atoms with E-state index in [4.69, 9.17) is 0 Å². The number of carbonyl (C=O) groups is 2. The molecule has 102 valence electrons. The first kappa shape index (κ1) is 14.0. The van der Waals surface area contributed by atoms with Crippen LogP contribution < -0.4 is 10.6 Å². The third-order valence-corrected chi connectivity index (χ3v) is 3.67. The summed E-state index contributed by atoms with van der Waals surface area (Å²) in [7, 11) is 1.33. The van der Waals surface area contributed by atoms with Crippen LogP contribution in [-0.2, 0) is 9.53 Å². The van der Waals surface area contributed by atoms with Crippen LogP contribution in [0.3, 0.4) is 0 Å². The Bertz CT molecular complexity index is 499. The van der Waals surface area contributed by atoms with Crippen LogP contribution in [0.25, 0.3) is 0 Å². The minimum Gasteiger partial charge on any atom is -0.465 e. The summed E-state index contributed by atoms with van der Waals surface area (Å²) in [4.78, 5) is 23.3. The maximum atomic E-state index is 11.9. The molecule has 1 aliphatic rings. The van der Waals surface area contributed by atoms with Gasteiger partial charge < -0.3 is 15.4 Å². The number of carbonyl (C=O) groups excluding carboxylic acids is 2. The van der Waals surface area contributed by atoms with Gasteiger partial charge >= 0.3 is 5.97 Å². The van der Waals surface area contributed by atoms with E-state index in [0.717, 1.165) is 19.4 Å². The number of anilines is 1. The first-order valence-corrected chi connectivity index (χ1v) is 6.83. The average molecular weight is 327 g/mol. The predicted molar refractivity (Wildman–Crippen MR) is 75.1 cm³/mol. The van der Waals surface area contributed by atoms with E-state index >= 15 is 0 Å². The van der Waals surface area contributed by atoms with Gasteiger partial charge in [-0.2, -0.15) is 0 Å². The number of rotatable bonds is 3. The number of nitrogens with one attached hydrogen (secondary N) is 2. The van der Waals surface area contributed by atoms with Gasteiger partial charge in [0, 0.05) is 10.2 Å². The molecule has 0 spiro atoms. The topological polar surface area (TPSA) is 67.4 Å². The second kappa shape index (κ2) is 6.16. The number of hydrogen-bond donors (Lipinski definition) is 2. The molecule has 1 fully saturated rings. The van der Waals surface area contributed by atoms with Crippen molar-refractivity contribution in [3.63, 3.8) is 0 Å². The van der Waals surface area contributed by atoms with E-state index in [1.165, 1.54) is 7.11 Å². The van der Waals surface area contributed by atoms with Crippen molar-refractivity contribution < 1.29 is 14.3 Å². The van der Waals surface area contributed by atoms with Crippen LogP contribution in [0.2, 0.25) is 0 Å². The number of methoxy groups -OCH3 is 1. The minimum absolute atomic E-state index is 0.0461. The lowest BCUT2D eigenvalue weighted by atomic mass is 10.2. The summed E-state index contributed by atoms with van der Waals surface area (Å²) in [6, 6.07) is 4.87. The van der Waals surface area contributed by atoms with E-state index in [9.17, 15) is 9.59 Å². The Kier molecular flexibility index (Phi) is 4.55. The molecule has 0 bridgehead atoms. The highest BCUT2D eigenvalue weighted by Crippen LogP contribution is 2.22. The quantitative estimate of drug-likeness (QED) is 0.833. The molecule has 1 aromatic carbocycles. The van der Waals surface area contributed by atoms with Crippen LogP contribution in [0.15, 0.2) is 22.7 Å². The second-order valence-electron chi connectivity index (χ2n) is 4.32. The Morgan fingerprint density at radius 3 is 2.84 bits per heavy atom. The third kappa shape index (κ3) is 3.33. The molecule has 1 amide bonds. The van der Waals surface area contributed by atoms with E-state index in [0.29, 0.717) is 15.7 Å². The van der Waals surface area contributed by atoms with E-state index in [1.807, 2.05) is 0 Å². The van der Waals surface area contributed by atoms with Crippen LogP contribution in [0.5, 0.6) is 0 Å². The van der Waals surface area contributed by atoms with E-state index in [1.54, 1.807) is 18.2 Å². The smallest absolute Gasteiger partial charge is 0.339 e. The first-order valence-electron chi connectivity index (χ1n) is 6.04. The third-order valence-electron chi connectivity index (χ3n) is 3.02. The standard InChI is InChI=1S/C13H15BrN2O3/c1-19-13(18)9-5-4-8(7-10(9)14)16-12(17)11-3-2-6-15-11/h4-5,7,11,15H,2-3,6H2,1H3,(H,16,17)/t11-/m0/s1. The Hall–Kier alpha value is -1.40. The maximum absolute atomic E-state index is 11.9. The number of hydrogen-bond acceptors (Lipinski definition) is 4. The van der Waals surface area contributed by atoms with E-state index in [2.05, 4.69) is 31.3 Å². The molecule has 1 saturated heterocycles. The molecule has 1 aliphatic heterocycles. The molecule has 0 unspecified atom stereocenters. The summed E-state index contributed by atoms with van der Waals surface area (Å²) in [5.74, 6) is -0.461. The number of benzene rings is 1. The molecule has 2 N–H and O–H groups in total. The van der Waals surface area contributed by atoms with Gasteiger partial charge in [-0.25, -0.2) is 4.79 Å². The highest BCUT2D eigenvalue weighted by atomic mass is 79.9. The summed E-state index contributed by atoms with van der Waals surface area (Å²) in [6.07, 6.45) is 1.87. The van der Waals surface area contributed by atoms with Crippen LogP contribution in [-0.4, -0.2) is 31.6 Å². The minimum atomic E-state index is -0.415. The summed E-state index contributed by atoms with van der Waals surface area (Å²) in [5, 5.41) is 5.96. The summed E-state index contributed by atoms with van der Waals surface area (Å²) >= 11 is 3.29. The summed E-state index contributed by atoms with van der Waals surface area (Å²) in [5.41, 5.74) is 1.08. The predicted octanol–water partition coefficient (Wildman–Crippen LogP) is 1.93. The van der Waals surface area contributed by atoms with Crippen molar-refractivity contribution in [1.29, 1.82) is 0 Å². The van der Waals surface area contributed by atoms with Crippen molar-refractivity contribution in [1.82, 2.24) is 5.32 Å². The zero-order valence-corrected chi connectivity index (χ0v) is 12.1.